The molecule has 0 saturated carbocycles. The largest absolute Gasteiger partial charge is 0.334 e. The van der Waals surface area contributed by atoms with Crippen LogP contribution in [0.4, 0.5) is 9.18 Å². The fourth-order valence-corrected chi connectivity index (χ4v) is 3.77. The normalized spacial score (nSPS) is 22.4. The lowest BCUT2D eigenvalue weighted by molar-refractivity contribution is 0.197. The van der Waals surface area contributed by atoms with Crippen molar-refractivity contribution in [2.75, 3.05) is 32.7 Å². The van der Waals surface area contributed by atoms with Gasteiger partial charge in [-0.3, -0.25) is 0 Å². The third-order valence-corrected chi connectivity index (χ3v) is 5.21. The van der Waals surface area contributed by atoms with E-state index in [1.54, 1.807) is 12.1 Å². The average Bonchev–Trinajstić information content (AvgIpc) is 2.98. The lowest BCUT2D eigenvalue weighted by Crippen LogP contribution is -2.40. The molecule has 2 aliphatic heterocycles. The zero-order valence-corrected chi connectivity index (χ0v) is 14.3. The molecule has 4 nitrogen and oxygen atoms in total. The van der Waals surface area contributed by atoms with Crippen LogP contribution >= 0.6 is 0 Å². The highest BCUT2D eigenvalue weighted by molar-refractivity contribution is 5.74. The molecule has 0 radical (unpaired) electrons. The smallest absolute Gasteiger partial charge is 0.317 e. The number of amides is 2. The Morgan fingerprint density at radius 3 is 2.54 bits per heavy atom. The van der Waals surface area contributed by atoms with Gasteiger partial charge in [0.1, 0.15) is 5.82 Å². The van der Waals surface area contributed by atoms with Crippen LogP contribution in [0, 0.1) is 11.7 Å². The molecule has 132 valence electrons. The number of halogens is 1. The van der Waals surface area contributed by atoms with Crippen LogP contribution < -0.4 is 5.32 Å². The molecule has 5 heteroatoms. The molecule has 1 N–H and O–H groups in total. The number of rotatable bonds is 4. The van der Waals surface area contributed by atoms with Crippen molar-refractivity contribution in [3.05, 3.63) is 35.6 Å². The molecule has 2 amide bonds. The number of likely N-dealkylation sites (tertiary alicyclic amines) is 2. The molecular formula is C19H28FN3O. The highest BCUT2D eigenvalue weighted by atomic mass is 19.1. The first-order valence-corrected chi connectivity index (χ1v) is 9.20. The van der Waals surface area contributed by atoms with E-state index in [1.165, 1.54) is 51.0 Å². The summed E-state index contributed by atoms with van der Waals surface area (Å²) >= 11 is 0. The standard InChI is InChI=1S/C19H28FN3O/c20-18-7-5-16(6-8-18)14-21-19(24)23-12-3-4-17(9-13-23)15-22-10-1-2-11-22/h5-8,17H,1-4,9-15H2,(H,21,24). The Balaban J connectivity index is 1.42. The summed E-state index contributed by atoms with van der Waals surface area (Å²) in [5.41, 5.74) is 0.923. The van der Waals surface area contributed by atoms with Gasteiger partial charge in [-0.15, -0.1) is 0 Å². The van der Waals surface area contributed by atoms with Crippen molar-refractivity contribution in [1.82, 2.24) is 15.1 Å². The maximum absolute atomic E-state index is 12.9. The molecule has 0 spiro atoms. The Hall–Kier alpha value is -1.62. The van der Waals surface area contributed by atoms with Crippen LogP contribution in [0.1, 0.15) is 37.7 Å². The SMILES string of the molecule is O=C(NCc1ccc(F)cc1)N1CCCC(CN2CCCC2)CC1. The molecule has 0 bridgehead atoms. The van der Waals surface area contributed by atoms with Crippen LogP contribution in [0.2, 0.25) is 0 Å². The Labute approximate surface area is 144 Å². The Morgan fingerprint density at radius 2 is 1.79 bits per heavy atom. The van der Waals surface area contributed by atoms with Gasteiger partial charge in [-0.2, -0.15) is 0 Å². The number of urea groups is 1. The Bertz CT molecular complexity index is 528. The predicted molar refractivity (Wildman–Crippen MR) is 93.2 cm³/mol. The number of hydrogen-bond acceptors (Lipinski definition) is 2. The summed E-state index contributed by atoms with van der Waals surface area (Å²) in [5.74, 6) is 0.472. The van der Waals surface area contributed by atoms with E-state index in [9.17, 15) is 9.18 Å². The van der Waals surface area contributed by atoms with E-state index in [-0.39, 0.29) is 11.8 Å². The Morgan fingerprint density at radius 1 is 1.04 bits per heavy atom. The maximum atomic E-state index is 12.9. The zero-order valence-electron chi connectivity index (χ0n) is 14.3. The van der Waals surface area contributed by atoms with Crippen molar-refractivity contribution in [1.29, 1.82) is 0 Å². The van der Waals surface area contributed by atoms with Crippen molar-refractivity contribution >= 4 is 6.03 Å². The third-order valence-electron chi connectivity index (χ3n) is 5.21. The monoisotopic (exact) mass is 333 g/mol. The number of carbonyl (C=O) groups is 1. The third kappa shape index (κ3) is 4.94. The molecular weight excluding hydrogens is 305 g/mol. The number of carbonyl (C=O) groups excluding carboxylic acids is 1. The molecule has 1 aromatic rings. The van der Waals surface area contributed by atoms with Crippen LogP contribution in [0.25, 0.3) is 0 Å². The number of hydrogen-bond donors (Lipinski definition) is 1. The lowest BCUT2D eigenvalue weighted by Gasteiger charge is -2.23. The van der Waals surface area contributed by atoms with Gasteiger partial charge in [0.2, 0.25) is 0 Å². The zero-order chi connectivity index (χ0) is 16.8. The highest BCUT2D eigenvalue weighted by Gasteiger charge is 2.23. The van der Waals surface area contributed by atoms with Crippen LogP contribution in [0.3, 0.4) is 0 Å². The lowest BCUT2D eigenvalue weighted by atomic mass is 10.0. The van der Waals surface area contributed by atoms with E-state index in [0.29, 0.717) is 6.54 Å². The van der Waals surface area contributed by atoms with E-state index in [4.69, 9.17) is 0 Å². The second-order valence-electron chi connectivity index (χ2n) is 7.08. The van der Waals surface area contributed by atoms with Crippen LogP contribution in [-0.4, -0.2) is 48.6 Å². The molecule has 1 atom stereocenters. The molecule has 1 aromatic carbocycles. The summed E-state index contributed by atoms with van der Waals surface area (Å²) in [6, 6.07) is 6.28. The predicted octanol–water partition coefficient (Wildman–Crippen LogP) is 3.23. The molecule has 2 fully saturated rings. The van der Waals surface area contributed by atoms with E-state index >= 15 is 0 Å². The number of nitrogens with zero attached hydrogens (tertiary/aromatic N) is 2. The fraction of sp³-hybridized carbons (Fsp3) is 0.632. The van der Waals surface area contributed by atoms with Gasteiger partial charge >= 0.3 is 6.03 Å². The second kappa shape index (κ2) is 8.47. The molecule has 2 saturated heterocycles. The minimum absolute atomic E-state index is 0.00106. The van der Waals surface area contributed by atoms with Gasteiger partial charge in [-0.1, -0.05) is 12.1 Å². The molecule has 24 heavy (non-hydrogen) atoms. The molecule has 0 aliphatic carbocycles. The summed E-state index contributed by atoms with van der Waals surface area (Å²) in [6.07, 6.45) is 6.08. The van der Waals surface area contributed by atoms with Crippen molar-refractivity contribution in [2.45, 2.75) is 38.6 Å². The summed E-state index contributed by atoms with van der Waals surface area (Å²) in [4.78, 5) is 16.9. The van der Waals surface area contributed by atoms with Gasteiger partial charge in [-0.25, -0.2) is 9.18 Å². The topological polar surface area (TPSA) is 35.6 Å². The van der Waals surface area contributed by atoms with Gasteiger partial charge in [0.25, 0.3) is 0 Å². The number of nitrogens with one attached hydrogen (secondary N) is 1. The van der Waals surface area contributed by atoms with Crippen molar-refractivity contribution in [3.8, 4) is 0 Å². The second-order valence-corrected chi connectivity index (χ2v) is 7.08. The minimum Gasteiger partial charge on any atom is -0.334 e. The first-order valence-electron chi connectivity index (χ1n) is 9.20. The van der Waals surface area contributed by atoms with E-state index in [2.05, 4.69) is 10.2 Å². The van der Waals surface area contributed by atoms with Gasteiger partial charge < -0.3 is 15.1 Å². The van der Waals surface area contributed by atoms with Crippen LogP contribution in [0.5, 0.6) is 0 Å². The fourth-order valence-electron chi connectivity index (χ4n) is 3.77. The minimum atomic E-state index is -0.248. The van der Waals surface area contributed by atoms with Gasteiger partial charge in [0.05, 0.1) is 0 Å². The quantitative estimate of drug-likeness (QED) is 0.918. The first-order chi connectivity index (χ1) is 11.7. The molecule has 0 aromatic heterocycles. The summed E-state index contributed by atoms with van der Waals surface area (Å²) in [6.45, 7) is 5.83. The molecule has 1 unspecified atom stereocenters. The maximum Gasteiger partial charge on any atom is 0.317 e. The van der Waals surface area contributed by atoms with E-state index < -0.39 is 0 Å². The van der Waals surface area contributed by atoms with Gasteiger partial charge in [0, 0.05) is 26.2 Å². The highest BCUT2D eigenvalue weighted by Crippen LogP contribution is 2.21. The molecule has 2 aliphatic rings. The summed E-state index contributed by atoms with van der Waals surface area (Å²) < 4.78 is 12.9. The van der Waals surface area contributed by atoms with Crippen molar-refractivity contribution in [3.63, 3.8) is 0 Å². The van der Waals surface area contributed by atoms with Crippen LogP contribution in [-0.2, 0) is 6.54 Å². The first kappa shape index (κ1) is 17.2. The van der Waals surface area contributed by atoms with E-state index in [0.717, 1.165) is 37.4 Å². The van der Waals surface area contributed by atoms with Gasteiger partial charge in [0.15, 0.2) is 0 Å². The molecule has 2 heterocycles. The van der Waals surface area contributed by atoms with Crippen LogP contribution in [0.15, 0.2) is 24.3 Å². The summed E-state index contributed by atoms with van der Waals surface area (Å²) in [7, 11) is 0. The van der Waals surface area contributed by atoms with Crippen molar-refractivity contribution in [2.24, 2.45) is 5.92 Å². The number of benzene rings is 1. The average molecular weight is 333 g/mol. The molecule has 3 rings (SSSR count). The van der Waals surface area contributed by atoms with Gasteiger partial charge in [-0.05, 0) is 68.8 Å². The van der Waals surface area contributed by atoms with E-state index in [1.807, 2.05) is 4.90 Å². The van der Waals surface area contributed by atoms with Crippen molar-refractivity contribution < 1.29 is 9.18 Å². The summed E-state index contributed by atoms with van der Waals surface area (Å²) in [5, 5.41) is 2.96. The Kier molecular flexibility index (Phi) is 6.07.